The number of rotatable bonds is 2. The molecule has 0 unspecified atom stereocenters. The zero-order valence-electron chi connectivity index (χ0n) is 10.2. The Bertz CT molecular complexity index is 629. The third kappa shape index (κ3) is 1.61. The third-order valence-corrected chi connectivity index (χ3v) is 3.35. The van der Waals surface area contributed by atoms with Gasteiger partial charge in [-0.15, -0.1) is 0 Å². The van der Waals surface area contributed by atoms with Crippen molar-refractivity contribution < 1.29 is 9.90 Å². The van der Waals surface area contributed by atoms with Crippen LogP contribution in [0.25, 0.3) is 11.3 Å². The molecule has 3 rings (SSSR count). The summed E-state index contributed by atoms with van der Waals surface area (Å²) in [7, 11) is 0. The number of nitrogens with zero attached hydrogens (tertiary/aromatic N) is 2. The Morgan fingerprint density at radius 1 is 1.44 bits per heavy atom. The lowest BCUT2D eigenvalue weighted by atomic mass is 10.0. The second-order valence-corrected chi connectivity index (χ2v) is 4.67. The first-order valence-electron chi connectivity index (χ1n) is 6.07. The summed E-state index contributed by atoms with van der Waals surface area (Å²) in [5.74, 6) is -0.880. The summed E-state index contributed by atoms with van der Waals surface area (Å²) in [6.45, 7) is 2.81. The SMILES string of the molecule is Cc1cccc(-c2nn3c(c2C(=O)O)CCC3)c1. The van der Waals surface area contributed by atoms with Gasteiger partial charge in [0.2, 0.25) is 0 Å². The third-order valence-electron chi connectivity index (χ3n) is 3.35. The number of fused-ring (bicyclic) bond motifs is 1. The van der Waals surface area contributed by atoms with Gasteiger partial charge in [0.15, 0.2) is 0 Å². The summed E-state index contributed by atoms with van der Waals surface area (Å²) in [6.07, 6.45) is 1.79. The standard InChI is InChI=1S/C14H14N2O2/c1-9-4-2-5-10(8-9)13-12(14(17)18)11-6-3-7-16(11)15-13/h2,4-5,8H,3,6-7H2,1H3,(H,17,18). The molecule has 18 heavy (non-hydrogen) atoms. The molecule has 0 fully saturated rings. The van der Waals surface area contributed by atoms with Crippen LogP contribution in [-0.4, -0.2) is 20.9 Å². The molecular weight excluding hydrogens is 228 g/mol. The zero-order valence-corrected chi connectivity index (χ0v) is 10.2. The van der Waals surface area contributed by atoms with Crippen LogP contribution in [0.2, 0.25) is 0 Å². The van der Waals surface area contributed by atoms with Crippen LogP contribution >= 0.6 is 0 Å². The Kier molecular flexibility index (Phi) is 2.44. The van der Waals surface area contributed by atoms with E-state index in [1.165, 1.54) is 0 Å². The fourth-order valence-electron chi connectivity index (χ4n) is 2.55. The molecule has 4 nitrogen and oxygen atoms in total. The highest BCUT2D eigenvalue weighted by molar-refractivity contribution is 5.96. The minimum Gasteiger partial charge on any atom is -0.478 e. The maximum atomic E-state index is 11.4. The molecule has 0 bridgehead atoms. The largest absolute Gasteiger partial charge is 0.478 e. The number of aromatic carboxylic acids is 1. The summed E-state index contributed by atoms with van der Waals surface area (Å²) in [4.78, 5) is 11.4. The summed E-state index contributed by atoms with van der Waals surface area (Å²) in [5, 5.41) is 13.9. The van der Waals surface area contributed by atoms with E-state index in [4.69, 9.17) is 0 Å². The number of hydrogen-bond donors (Lipinski definition) is 1. The summed E-state index contributed by atoms with van der Waals surface area (Å²) < 4.78 is 1.83. The number of aromatic nitrogens is 2. The smallest absolute Gasteiger partial charge is 0.339 e. The monoisotopic (exact) mass is 242 g/mol. The number of carbonyl (C=O) groups is 1. The van der Waals surface area contributed by atoms with E-state index in [0.717, 1.165) is 36.2 Å². The van der Waals surface area contributed by atoms with E-state index in [2.05, 4.69) is 5.10 Å². The molecule has 0 spiro atoms. The van der Waals surface area contributed by atoms with Gasteiger partial charge in [0.25, 0.3) is 0 Å². The number of benzene rings is 1. The molecule has 0 radical (unpaired) electrons. The van der Waals surface area contributed by atoms with E-state index in [1.807, 2.05) is 35.9 Å². The Labute approximate surface area is 105 Å². The minimum atomic E-state index is -0.880. The normalized spacial score (nSPS) is 13.6. The number of hydrogen-bond acceptors (Lipinski definition) is 2. The first-order chi connectivity index (χ1) is 8.66. The van der Waals surface area contributed by atoms with E-state index in [1.54, 1.807) is 0 Å². The molecule has 0 amide bonds. The first kappa shape index (κ1) is 11.0. The highest BCUT2D eigenvalue weighted by atomic mass is 16.4. The van der Waals surface area contributed by atoms with Crippen molar-refractivity contribution in [2.75, 3.05) is 0 Å². The van der Waals surface area contributed by atoms with Gasteiger partial charge in [0, 0.05) is 12.1 Å². The van der Waals surface area contributed by atoms with Crippen LogP contribution in [0.1, 0.15) is 28.0 Å². The molecule has 2 heterocycles. The van der Waals surface area contributed by atoms with Crippen LogP contribution in [0, 0.1) is 6.92 Å². The van der Waals surface area contributed by atoms with Crippen LogP contribution in [0.5, 0.6) is 0 Å². The number of aryl methyl sites for hydroxylation is 2. The average molecular weight is 242 g/mol. The van der Waals surface area contributed by atoms with E-state index < -0.39 is 5.97 Å². The van der Waals surface area contributed by atoms with E-state index in [-0.39, 0.29) is 0 Å². The van der Waals surface area contributed by atoms with Gasteiger partial charge in [-0.1, -0.05) is 23.8 Å². The van der Waals surface area contributed by atoms with Crippen LogP contribution in [-0.2, 0) is 13.0 Å². The van der Waals surface area contributed by atoms with E-state index in [0.29, 0.717) is 11.3 Å². The first-order valence-corrected chi connectivity index (χ1v) is 6.07. The van der Waals surface area contributed by atoms with Crippen molar-refractivity contribution in [1.29, 1.82) is 0 Å². The van der Waals surface area contributed by atoms with Gasteiger partial charge in [-0.3, -0.25) is 4.68 Å². The second-order valence-electron chi connectivity index (χ2n) is 4.67. The fraction of sp³-hybridized carbons (Fsp3) is 0.286. The van der Waals surface area contributed by atoms with Crippen molar-refractivity contribution in [3.05, 3.63) is 41.1 Å². The van der Waals surface area contributed by atoms with E-state index >= 15 is 0 Å². The highest BCUT2D eigenvalue weighted by Gasteiger charge is 2.26. The quantitative estimate of drug-likeness (QED) is 0.880. The Hall–Kier alpha value is -2.10. The van der Waals surface area contributed by atoms with Gasteiger partial charge in [0.1, 0.15) is 11.3 Å². The molecule has 4 heteroatoms. The van der Waals surface area contributed by atoms with Gasteiger partial charge >= 0.3 is 5.97 Å². The molecule has 92 valence electrons. The summed E-state index contributed by atoms with van der Waals surface area (Å²) >= 11 is 0. The fourth-order valence-corrected chi connectivity index (χ4v) is 2.55. The Morgan fingerprint density at radius 3 is 3.00 bits per heavy atom. The predicted molar refractivity (Wildman–Crippen MR) is 67.7 cm³/mol. The lowest BCUT2D eigenvalue weighted by molar-refractivity contribution is 0.0696. The maximum Gasteiger partial charge on any atom is 0.339 e. The second kappa shape index (κ2) is 3.98. The number of carboxylic acid groups (broad SMARTS) is 1. The van der Waals surface area contributed by atoms with Crippen molar-refractivity contribution in [2.24, 2.45) is 0 Å². The van der Waals surface area contributed by atoms with Crippen LogP contribution < -0.4 is 0 Å². The minimum absolute atomic E-state index is 0.373. The molecular formula is C14H14N2O2. The molecule has 1 N–H and O–H groups in total. The molecule has 0 aliphatic carbocycles. The molecule has 0 saturated heterocycles. The number of carboxylic acids is 1. The van der Waals surface area contributed by atoms with Gasteiger partial charge in [0.05, 0.1) is 5.69 Å². The molecule has 1 aromatic heterocycles. The van der Waals surface area contributed by atoms with Crippen molar-refractivity contribution >= 4 is 5.97 Å². The average Bonchev–Trinajstić information content (AvgIpc) is 2.87. The van der Waals surface area contributed by atoms with Crippen molar-refractivity contribution in [1.82, 2.24) is 9.78 Å². The van der Waals surface area contributed by atoms with Crippen LogP contribution in [0.4, 0.5) is 0 Å². The Balaban J connectivity index is 2.21. The lowest BCUT2D eigenvalue weighted by Gasteiger charge is -2.01. The maximum absolute atomic E-state index is 11.4. The van der Waals surface area contributed by atoms with Gasteiger partial charge in [-0.05, 0) is 25.8 Å². The van der Waals surface area contributed by atoms with Crippen molar-refractivity contribution in [3.8, 4) is 11.3 Å². The molecule has 1 aliphatic heterocycles. The molecule has 0 saturated carbocycles. The van der Waals surface area contributed by atoms with Gasteiger partial charge in [-0.2, -0.15) is 5.10 Å². The lowest BCUT2D eigenvalue weighted by Crippen LogP contribution is -2.01. The van der Waals surface area contributed by atoms with Gasteiger partial charge in [-0.25, -0.2) is 4.79 Å². The predicted octanol–water partition coefficient (Wildman–Crippen LogP) is 2.50. The topological polar surface area (TPSA) is 55.1 Å². The summed E-state index contributed by atoms with van der Waals surface area (Å²) in [6, 6.07) is 7.82. The molecule has 2 aromatic rings. The van der Waals surface area contributed by atoms with Crippen molar-refractivity contribution in [2.45, 2.75) is 26.3 Å². The van der Waals surface area contributed by atoms with Crippen molar-refractivity contribution in [3.63, 3.8) is 0 Å². The van der Waals surface area contributed by atoms with E-state index in [9.17, 15) is 9.90 Å². The zero-order chi connectivity index (χ0) is 12.7. The molecule has 1 aliphatic rings. The van der Waals surface area contributed by atoms with Gasteiger partial charge < -0.3 is 5.11 Å². The highest BCUT2D eigenvalue weighted by Crippen LogP contribution is 2.29. The van der Waals surface area contributed by atoms with Crippen LogP contribution in [0.3, 0.4) is 0 Å². The molecule has 1 aromatic carbocycles. The van der Waals surface area contributed by atoms with Crippen LogP contribution in [0.15, 0.2) is 24.3 Å². The Morgan fingerprint density at radius 2 is 2.28 bits per heavy atom. The molecule has 0 atom stereocenters. The summed E-state index contributed by atoms with van der Waals surface area (Å²) in [5.41, 5.74) is 3.82.